The summed E-state index contributed by atoms with van der Waals surface area (Å²) < 4.78 is 1.95. The summed E-state index contributed by atoms with van der Waals surface area (Å²) in [6.45, 7) is 7.38. The van der Waals surface area contributed by atoms with E-state index in [1.54, 1.807) is 0 Å². The molecular weight excluding hydrogens is 326 g/mol. The number of hydrazone groups is 1. The lowest BCUT2D eigenvalue weighted by molar-refractivity contribution is -0.493. The Labute approximate surface area is 156 Å². The van der Waals surface area contributed by atoms with Crippen molar-refractivity contribution in [1.82, 2.24) is 10.2 Å². The Balaban J connectivity index is 2.21. The fraction of sp³-hybridized carbons (Fsp3) is 0.421. The lowest BCUT2D eigenvalue weighted by atomic mass is 10.2. The summed E-state index contributed by atoms with van der Waals surface area (Å²) in [6.07, 6.45) is 2.85. The van der Waals surface area contributed by atoms with E-state index < -0.39 is 0 Å². The zero-order valence-corrected chi connectivity index (χ0v) is 16.2. The van der Waals surface area contributed by atoms with Crippen molar-refractivity contribution in [3.05, 3.63) is 41.8 Å². The highest BCUT2D eigenvalue weighted by Crippen LogP contribution is 2.17. The number of hydrogen-bond acceptors (Lipinski definition) is 5. The summed E-state index contributed by atoms with van der Waals surface area (Å²) in [5.41, 5.74) is 8.02. The SMILES string of the molecule is C=N/C(C(N)=[N+](C)CC)=C(\NC1C=NN(c2ccccc2)CC1)N(C)C. The number of amidine groups is 1. The van der Waals surface area contributed by atoms with Crippen LogP contribution in [0.15, 0.2) is 51.9 Å². The average Bonchev–Trinajstić information content (AvgIpc) is 2.68. The van der Waals surface area contributed by atoms with Crippen molar-refractivity contribution in [2.24, 2.45) is 15.8 Å². The minimum atomic E-state index is 0.101. The maximum absolute atomic E-state index is 6.27. The molecular formula is C19H30N7+. The first-order chi connectivity index (χ1) is 12.5. The molecule has 0 aliphatic carbocycles. The van der Waals surface area contributed by atoms with Crippen LogP contribution in [0.25, 0.3) is 0 Å². The number of hydrogen-bond donors (Lipinski definition) is 2. The number of anilines is 1. The molecule has 1 atom stereocenters. The molecule has 0 bridgehead atoms. The van der Waals surface area contributed by atoms with Crippen LogP contribution in [0.4, 0.5) is 5.69 Å². The molecule has 1 aromatic carbocycles. The predicted octanol–water partition coefficient (Wildman–Crippen LogP) is 1.29. The molecule has 0 saturated carbocycles. The van der Waals surface area contributed by atoms with Crippen molar-refractivity contribution >= 4 is 24.5 Å². The van der Waals surface area contributed by atoms with Crippen LogP contribution >= 0.6 is 0 Å². The Morgan fingerprint density at radius 1 is 1.42 bits per heavy atom. The van der Waals surface area contributed by atoms with E-state index >= 15 is 0 Å². The second kappa shape index (κ2) is 9.03. The highest BCUT2D eigenvalue weighted by molar-refractivity contribution is 5.94. The van der Waals surface area contributed by atoms with Gasteiger partial charge in [0.05, 0.1) is 25.3 Å². The third-order valence-corrected chi connectivity index (χ3v) is 4.37. The molecule has 0 radical (unpaired) electrons. The molecule has 1 aliphatic heterocycles. The molecule has 0 fully saturated rings. The predicted molar refractivity (Wildman–Crippen MR) is 110 cm³/mol. The van der Waals surface area contributed by atoms with E-state index in [2.05, 4.69) is 34.3 Å². The molecule has 1 aromatic rings. The maximum atomic E-state index is 6.27. The lowest BCUT2D eigenvalue weighted by Crippen LogP contribution is -2.43. The smallest absolute Gasteiger partial charge is 0.297 e. The van der Waals surface area contributed by atoms with Crippen molar-refractivity contribution in [3.63, 3.8) is 0 Å². The van der Waals surface area contributed by atoms with Crippen LogP contribution in [0.1, 0.15) is 13.3 Å². The first-order valence-electron chi connectivity index (χ1n) is 8.83. The third kappa shape index (κ3) is 4.62. The molecule has 2 rings (SSSR count). The number of nitrogens with one attached hydrogen (secondary N) is 1. The van der Waals surface area contributed by atoms with Crippen molar-refractivity contribution < 1.29 is 4.58 Å². The van der Waals surface area contributed by atoms with Crippen LogP contribution in [0, 0.1) is 0 Å². The molecule has 1 unspecified atom stereocenters. The van der Waals surface area contributed by atoms with Crippen molar-refractivity contribution in [1.29, 1.82) is 0 Å². The summed E-state index contributed by atoms with van der Waals surface area (Å²) in [5, 5.41) is 10.1. The van der Waals surface area contributed by atoms with Gasteiger partial charge < -0.3 is 10.2 Å². The minimum Gasteiger partial charge on any atom is -0.363 e. The lowest BCUT2D eigenvalue weighted by Gasteiger charge is -2.30. The average molecular weight is 356 g/mol. The molecule has 7 heteroatoms. The quantitative estimate of drug-likeness (QED) is 0.439. The summed E-state index contributed by atoms with van der Waals surface area (Å²) >= 11 is 0. The van der Waals surface area contributed by atoms with E-state index in [0.29, 0.717) is 11.5 Å². The third-order valence-electron chi connectivity index (χ3n) is 4.37. The van der Waals surface area contributed by atoms with Crippen LogP contribution in [-0.4, -0.2) is 68.5 Å². The summed E-state index contributed by atoms with van der Waals surface area (Å²) in [7, 11) is 5.86. The van der Waals surface area contributed by atoms with E-state index in [1.807, 2.05) is 67.0 Å². The van der Waals surface area contributed by atoms with E-state index in [1.165, 1.54) is 0 Å². The number of nitrogens with zero attached hydrogens (tertiary/aromatic N) is 5. The van der Waals surface area contributed by atoms with Gasteiger partial charge in [0.15, 0.2) is 5.70 Å². The van der Waals surface area contributed by atoms with Gasteiger partial charge in [-0.2, -0.15) is 5.10 Å². The Bertz CT molecular complexity index is 704. The standard InChI is InChI=1S/C19H29N7/c1-6-25(5)18(20)17(21-2)19(24(3)4)23-15-12-13-26(22-14-15)16-10-8-7-9-11-16/h7-11,14-15H,2,6,12-13H2,1,3-5H3,(H2,20,23)/p+1. The van der Waals surface area contributed by atoms with Crippen molar-refractivity contribution in [2.75, 3.05) is 39.2 Å². The van der Waals surface area contributed by atoms with Crippen LogP contribution in [-0.2, 0) is 0 Å². The molecule has 7 nitrogen and oxygen atoms in total. The molecule has 0 aromatic heterocycles. The molecule has 26 heavy (non-hydrogen) atoms. The van der Waals surface area contributed by atoms with E-state index in [0.717, 1.165) is 31.0 Å². The molecule has 140 valence electrons. The monoisotopic (exact) mass is 356 g/mol. The minimum absolute atomic E-state index is 0.101. The van der Waals surface area contributed by atoms with Crippen LogP contribution in [0.5, 0.6) is 0 Å². The van der Waals surface area contributed by atoms with E-state index in [4.69, 9.17) is 5.73 Å². The number of para-hydroxylation sites is 1. The Hall–Kier alpha value is -2.83. The normalized spacial score (nSPS) is 18.8. The van der Waals surface area contributed by atoms with Gasteiger partial charge in [-0.05, 0) is 32.2 Å². The van der Waals surface area contributed by atoms with E-state index in [-0.39, 0.29) is 6.04 Å². The largest absolute Gasteiger partial charge is 0.363 e. The molecule has 0 saturated heterocycles. The zero-order valence-electron chi connectivity index (χ0n) is 16.2. The molecule has 0 amide bonds. The van der Waals surface area contributed by atoms with Gasteiger partial charge in [-0.3, -0.25) is 20.3 Å². The molecule has 1 aliphatic rings. The molecule has 1 heterocycles. The van der Waals surface area contributed by atoms with Crippen LogP contribution < -0.4 is 16.1 Å². The van der Waals surface area contributed by atoms with Crippen LogP contribution in [0.3, 0.4) is 0 Å². The highest BCUT2D eigenvalue weighted by atomic mass is 15.5. The fourth-order valence-corrected chi connectivity index (χ4v) is 2.67. The first-order valence-corrected chi connectivity index (χ1v) is 8.83. The fourth-order valence-electron chi connectivity index (χ4n) is 2.67. The molecule has 3 N–H and O–H groups in total. The topological polar surface area (TPSA) is 72.3 Å². The second-order valence-electron chi connectivity index (χ2n) is 6.41. The van der Waals surface area contributed by atoms with Gasteiger partial charge in [0.1, 0.15) is 5.82 Å². The van der Waals surface area contributed by atoms with Crippen LogP contribution in [0.2, 0.25) is 0 Å². The summed E-state index contributed by atoms with van der Waals surface area (Å²) in [4.78, 5) is 6.14. The number of nitrogens with two attached hydrogens (primary N) is 1. The van der Waals surface area contributed by atoms with Gasteiger partial charge in [-0.1, -0.05) is 18.2 Å². The Kier molecular flexibility index (Phi) is 6.77. The van der Waals surface area contributed by atoms with Crippen molar-refractivity contribution in [2.45, 2.75) is 19.4 Å². The van der Waals surface area contributed by atoms with Crippen molar-refractivity contribution in [3.8, 4) is 0 Å². The maximum Gasteiger partial charge on any atom is 0.297 e. The number of rotatable bonds is 7. The first kappa shape index (κ1) is 19.5. The van der Waals surface area contributed by atoms with Gasteiger partial charge in [0, 0.05) is 26.9 Å². The van der Waals surface area contributed by atoms with Gasteiger partial charge >= 0.3 is 0 Å². The van der Waals surface area contributed by atoms with Gasteiger partial charge in [-0.15, -0.1) is 0 Å². The number of benzene rings is 1. The summed E-state index contributed by atoms with van der Waals surface area (Å²) in [6, 6.07) is 10.3. The Morgan fingerprint density at radius 2 is 2.12 bits per heavy atom. The van der Waals surface area contributed by atoms with E-state index in [9.17, 15) is 0 Å². The summed E-state index contributed by atoms with van der Waals surface area (Å²) in [5.74, 6) is 1.43. The number of aliphatic imine (C=N–C) groups is 1. The zero-order chi connectivity index (χ0) is 19.1. The second-order valence-corrected chi connectivity index (χ2v) is 6.41. The van der Waals surface area contributed by atoms with Gasteiger partial charge in [0.25, 0.3) is 5.84 Å². The van der Waals surface area contributed by atoms with Gasteiger partial charge in [-0.25, -0.2) is 0 Å². The molecule has 0 spiro atoms. The van der Waals surface area contributed by atoms with Gasteiger partial charge in [0.2, 0.25) is 0 Å². The Morgan fingerprint density at radius 3 is 2.62 bits per heavy atom. The highest BCUT2D eigenvalue weighted by Gasteiger charge is 2.22.